The molecule has 0 aliphatic rings. The van der Waals surface area contributed by atoms with Crippen molar-refractivity contribution in [3.8, 4) is 0 Å². The van der Waals surface area contributed by atoms with Gasteiger partial charge in [-0.05, 0) is 0 Å². The van der Waals surface area contributed by atoms with Gasteiger partial charge >= 0.3 is 217 Å². The second-order valence-electron chi connectivity index (χ2n) is 5.27. The minimum atomic E-state index is -6.02. The summed E-state index contributed by atoms with van der Waals surface area (Å²) in [7, 11) is 0. The summed E-state index contributed by atoms with van der Waals surface area (Å²) in [6, 6.07) is 0. The molecular weight excluding hydrogens is 1540 g/mol. The summed E-state index contributed by atoms with van der Waals surface area (Å²) < 4.78 is 242. The Hall–Kier alpha value is -0.852. The number of carboxylic acids is 3. The molecule has 0 amide bonds. The molecule has 0 aliphatic heterocycles. The summed E-state index contributed by atoms with van der Waals surface area (Å²) in [5.74, 6) is -5.98. The van der Waals surface area contributed by atoms with Crippen LogP contribution in [0.25, 0.3) is 0 Å². The van der Waals surface area contributed by atoms with E-state index in [1.165, 1.54) is 0 Å². The molecule has 0 saturated heterocycles. The summed E-state index contributed by atoms with van der Waals surface area (Å²) in [4.78, 5) is 30.0. The van der Waals surface area contributed by atoms with Gasteiger partial charge < -0.3 is 139 Å². The van der Waals surface area contributed by atoms with Gasteiger partial charge in [-0.15, -0.1) is 0 Å². The van der Waals surface area contributed by atoms with Gasteiger partial charge in [0, 0.05) is 24.8 Å². The zero-order valence-corrected chi connectivity index (χ0v) is 51.6. The first-order valence-corrected chi connectivity index (χ1v) is 30.7. The topological polar surface area (TPSA) is 1320 Å². The Morgan fingerprint density at radius 2 is 0.338 bits per heavy atom. The van der Waals surface area contributed by atoms with Gasteiger partial charge in [-0.3, -0.25) is 0 Å². The molecule has 0 aromatic carbocycles. The van der Waals surface area contributed by atoms with Crippen molar-refractivity contribution >= 4 is 17.9 Å². The van der Waals surface area contributed by atoms with Gasteiger partial charge in [-0.2, -0.15) is 0 Å². The van der Waals surface area contributed by atoms with Crippen molar-refractivity contribution in [1.29, 1.82) is 0 Å². The van der Waals surface area contributed by atoms with E-state index in [2.05, 4.69) is 0 Å². The Morgan fingerprint density at radius 3 is 0.369 bits per heavy atom. The molecule has 0 saturated carbocycles. The summed E-state index contributed by atoms with van der Waals surface area (Å²) in [6.07, 6.45) is -2.72. The predicted octanol–water partition coefficient (Wildman–Crippen LogP) is -17.2. The Labute approximate surface area is 389 Å². The van der Waals surface area contributed by atoms with E-state index in [-0.39, 0.29) is 105 Å². The van der Waals surface area contributed by atoms with Crippen LogP contribution in [0.2, 0.25) is 0 Å². The van der Waals surface area contributed by atoms with Crippen LogP contribution in [0.1, 0.15) is 12.8 Å². The molecule has 59 heteroatoms. The van der Waals surface area contributed by atoms with Crippen LogP contribution in [0.4, 0.5) is 0 Å². The fourth-order valence-electron chi connectivity index (χ4n) is 0.684. The van der Waals surface area contributed by atoms with Gasteiger partial charge in [-0.1, -0.05) is 0 Å². The van der Waals surface area contributed by atoms with E-state index >= 15 is 0 Å². The average molecular weight is 1620 g/mol. The third-order valence-corrected chi connectivity index (χ3v) is 1.25. The molecule has 0 spiro atoms. The number of aliphatic hydroxyl groups is 1. The third kappa shape index (κ3) is 1030. The van der Waals surface area contributed by atoms with Crippen LogP contribution < -0.4 is 173 Å². The Balaban J connectivity index is -0.0000000121. The van der Waals surface area contributed by atoms with Crippen LogP contribution in [-0.4, -0.2) is 28.6 Å². The molecule has 0 radical (unpaired) electrons. The quantitative estimate of drug-likeness (QED) is 0.114. The van der Waals surface area contributed by atoms with Crippen LogP contribution in [-0.2, 0) is 179 Å². The van der Waals surface area contributed by atoms with E-state index < -0.39 is 154 Å². The molecule has 0 atom stereocenters. The molecule has 0 heterocycles. The normalized spacial score (nSPS) is 8.42. The fourth-order valence-corrected chi connectivity index (χ4v) is 0.684. The molecule has 0 unspecified atom stereocenters. The van der Waals surface area contributed by atoms with Crippen LogP contribution in [0.5, 0.6) is 0 Å². The number of carboxylic acid groups (broad SMARTS) is 3. The third-order valence-electron chi connectivity index (χ3n) is 1.25. The van der Waals surface area contributed by atoms with Gasteiger partial charge in [0.25, 0.3) is 0 Å². The van der Waals surface area contributed by atoms with Gasteiger partial charge in [0.15, 0.2) is 0 Å². The van der Waals surface area contributed by atoms with Crippen molar-refractivity contribution in [3.05, 3.63) is 0 Å². The number of rotatable bonds is 5. The number of hydrogen-bond donors (Lipinski definition) is 18. The van der Waals surface area contributed by atoms with Crippen LogP contribution >= 0.6 is 0 Å². The maximum absolute atomic E-state index is 10.1. The van der Waals surface area contributed by atoms with E-state index in [0.717, 1.165) is 0 Å². The van der Waals surface area contributed by atoms with Gasteiger partial charge in [0.05, 0.1) is 5.97 Å². The molecule has 52 nitrogen and oxygen atoms in total. The Morgan fingerprint density at radius 1 is 0.277 bits per heavy atom. The SMILES string of the molecule is O=C([O-])CC(O)(CC(=O)[O-])C(=O)[O-].[NH4+].[NH4+].[NH4+].[NH4+].[NH4+].[NH4+].[NH4+].[NH4+].[NH4+].[NH4+].[NH4+].[NH4+].[NH4+].[NH4+].[NH4+].[NH4+].[NH4+].[O]=[Mo](=[O])([O-])[O-].[O]=[Mo](=[O])([O-])[O-].[O]=[Mo](=[O])([O-])[O-].[O]=[Mo](=[O])([O-])[O-].[O]=[Mo](=[O])([O-])[O-].[O]=[Mo](=[O])([O-])[O-].[O]=[Mo](=[O])([O-])[O-]. The number of hydrogen-bond acceptors (Lipinski definition) is 35. The van der Waals surface area contributed by atoms with Crippen molar-refractivity contribution in [3.63, 3.8) is 0 Å². The van der Waals surface area contributed by atoms with Crippen LogP contribution in [0, 0.1) is 0 Å². The average Bonchev–Trinajstić information content (AvgIpc) is 2.48. The van der Waals surface area contributed by atoms with Crippen molar-refractivity contribution in [1.82, 2.24) is 105 Å². The van der Waals surface area contributed by atoms with Crippen molar-refractivity contribution in [2.75, 3.05) is 0 Å². The van der Waals surface area contributed by atoms with Crippen molar-refractivity contribution < 1.29 is 252 Å². The van der Waals surface area contributed by atoms with Crippen molar-refractivity contribution in [2.24, 2.45) is 0 Å². The van der Waals surface area contributed by atoms with Gasteiger partial charge in [-0.25, -0.2) is 0 Å². The summed E-state index contributed by atoms with van der Waals surface area (Å²) >= 11 is -42.1. The van der Waals surface area contributed by atoms with Gasteiger partial charge in [0.1, 0.15) is 5.60 Å². The van der Waals surface area contributed by atoms with Crippen LogP contribution in [0.15, 0.2) is 0 Å². The maximum atomic E-state index is 10.1. The number of quaternary nitrogens is 17. The van der Waals surface area contributed by atoms with Crippen molar-refractivity contribution in [2.45, 2.75) is 18.4 Å². The molecule has 65 heavy (non-hydrogen) atoms. The Kier molecular flexibility index (Phi) is 185. The zero-order chi connectivity index (χ0) is 42.1. The standard InChI is InChI=1S/C6H8O7.7Mo.17H3N.28O/c7-3(8)1-6(13,5(11)12)2-4(9)10;;;;;;;;;;;;;;;;;;;;;;;;;;;;;;;;;;;;;;;;;;;;;;;;;;;;/h13H,1-2H2,(H,7,8)(H,9,10)(H,11,12);;;;;;;;17*1H3;;;;;;;;;;;;;;;;;;;;;;;;;;;;/q;;;;;;;;;;;;;;;;;;;;;;;;;;;;;;;;;;;;;;;14*-1/p+14. The number of carbonyl (C=O) groups is 3. The molecular formula is C6H73Mo7N17O35. The van der Waals surface area contributed by atoms with E-state index in [9.17, 15) is 29.7 Å². The second-order valence-corrected chi connectivity index (χ2v) is 19.3. The van der Waals surface area contributed by atoms with E-state index in [1.807, 2.05) is 0 Å². The fraction of sp³-hybridized carbons (Fsp3) is 0.500. The second kappa shape index (κ2) is 72.1. The first-order valence-electron chi connectivity index (χ1n) is 7.78. The summed E-state index contributed by atoms with van der Waals surface area (Å²) in [5.41, 5.74) is -2.97. The van der Waals surface area contributed by atoms with E-state index in [4.69, 9.17) is 105 Å². The first kappa shape index (κ1) is 167. The van der Waals surface area contributed by atoms with E-state index in [0.29, 0.717) is 0 Å². The molecule has 0 aromatic rings. The molecule has 0 aromatic heterocycles. The number of carbonyl (C=O) groups excluding carboxylic acids is 3. The molecule has 0 rings (SSSR count). The molecule has 0 aliphatic carbocycles. The summed E-state index contributed by atoms with van der Waals surface area (Å²) in [6.45, 7) is 0. The predicted molar refractivity (Wildman–Crippen MR) is 141 cm³/mol. The number of aliphatic carboxylic acids is 3. The zero-order valence-electron chi connectivity index (χ0n) is 37.6. The monoisotopic (exact) mass is 1630 g/mol. The molecule has 0 fully saturated rings. The molecule has 434 valence electrons. The summed E-state index contributed by atoms with van der Waals surface area (Å²) in [5, 5.41) is 38.9. The molecule has 0 bridgehead atoms. The van der Waals surface area contributed by atoms with Gasteiger partial charge in [0.2, 0.25) is 0 Å². The van der Waals surface area contributed by atoms with Crippen LogP contribution in [0.3, 0.4) is 0 Å². The first-order chi connectivity index (χ1) is 19.8. The Bertz CT molecular complexity index is 1390. The van der Waals surface area contributed by atoms with E-state index in [1.54, 1.807) is 0 Å². The molecule has 69 N–H and O–H groups in total. The minimum absolute atomic E-state index is 0.